The fourth-order valence-corrected chi connectivity index (χ4v) is 4.43. The van der Waals surface area contributed by atoms with Gasteiger partial charge in [0.2, 0.25) is 0 Å². The second-order valence-electron chi connectivity index (χ2n) is 8.75. The number of quaternary nitrogens is 1. The average Bonchev–Trinajstić information content (AvgIpc) is 2.52. The van der Waals surface area contributed by atoms with Crippen molar-refractivity contribution in [1.82, 2.24) is 0 Å². The number of likely N-dealkylation sites (N-methyl/N-ethyl adjacent to an activating group) is 1. The Morgan fingerprint density at radius 3 is 1.58 bits per heavy atom. The van der Waals surface area contributed by atoms with Crippen molar-refractivity contribution in [2.24, 2.45) is 5.41 Å². The van der Waals surface area contributed by atoms with Crippen molar-refractivity contribution in [3.63, 3.8) is 0 Å². The summed E-state index contributed by atoms with van der Waals surface area (Å²) >= 11 is 0. The lowest BCUT2D eigenvalue weighted by Crippen LogP contribution is -2.59. The Balaban J connectivity index is 4.71. The molecule has 0 aliphatic carbocycles. The van der Waals surface area contributed by atoms with Crippen LogP contribution in [0.1, 0.15) is 84.0 Å². The van der Waals surface area contributed by atoms with E-state index in [9.17, 15) is 20.1 Å². The third kappa shape index (κ3) is 9.33. The van der Waals surface area contributed by atoms with Crippen LogP contribution >= 0.6 is 0 Å². The number of aliphatic hydroxyl groups excluding tert-OH is 2. The third-order valence-electron chi connectivity index (χ3n) is 5.59. The highest BCUT2D eigenvalue weighted by atomic mass is 16.4. The van der Waals surface area contributed by atoms with Gasteiger partial charge in [-0.05, 0) is 19.3 Å². The monoisotopic (exact) mass is 374 g/mol. The number of aliphatic carboxylic acids is 1. The van der Waals surface area contributed by atoms with E-state index in [1.54, 1.807) is 0 Å². The smallest absolute Gasteiger partial charge is 0.363 e. The van der Waals surface area contributed by atoms with Gasteiger partial charge in [-0.15, -0.1) is 0 Å². The van der Waals surface area contributed by atoms with Gasteiger partial charge in [0, 0.05) is 18.6 Å². The minimum Gasteiger partial charge on any atom is -0.477 e. The summed E-state index contributed by atoms with van der Waals surface area (Å²) in [5, 5.41) is 29.0. The van der Waals surface area contributed by atoms with Gasteiger partial charge in [-0.25, -0.2) is 4.79 Å². The summed E-state index contributed by atoms with van der Waals surface area (Å²) in [6.07, 6.45) is 12.6. The Morgan fingerprint density at radius 2 is 1.23 bits per heavy atom. The third-order valence-corrected chi connectivity index (χ3v) is 5.59. The number of carboxylic acids is 1. The first-order chi connectivity index (χ1) is 12.2. The minimum atomic E-state index is -0.838. The van der Waals surface area contributed by atoms with Crippen LogP contribution < -0.4 is 0 Å². The molecule has 0 aromatic carbocycles. The summed E-state index contributed by atoms with van der Waals surface area (Å²) in [6.45, 7) is 2.15. The molecule has 0 bridgehead atoms. The maximum Gasteiger partial charge on any atom is 0.363 e. The molecule has 0 aromatic heterocycles. The molecule has 1 atom stereocenters. The number of nitrogens with zero attached hydrogens (tertiary/aromatic N) is 1. The molecule has 0 radical (unpaired) electrons. The van der Waals surface area contributed by atoms with E-state index < -0.39 is 17.4 Å². The molecule has 26 heavy (non-hydrogen) atoms. The second-order valence-corrected chi connectivity index (χ2v) is 8.75. The molecule has 0 rings (SSSR count). The standard InChI is InChI=1S/C21H43NO4/c1-5-6-7-8-9-10-11-12-13-14-21(15-17-23,16-18-24)19(20(25)26)22(2,3)4/h19,23-24H,5-18H2,1-4H3/p+1. The van der Waals surface area contributed by atoms with Crippen LogP contribution in [-0.2, 0) is 4.79 Å². The molecule has 5 heteroatoms. The lowest BCUT2D eigenvalue weighted by molar-refractivity contribution is -0.895. The fraction of sp³-hybridized carbons (Fsp3) is 0.952. The minimum absolute atomic E-state index is 0.0405. The van der Waals surface area contributed by atoms with E-state index in [1.807, 2.05) is 21.1 Å². The zero-order chi connectivity index (χ0) is 20.1. The maximum atomic E-state index is 12.0. The van der Waals surface area contributed by atoms with Gasteiger partial charge < -0.3 is 19.8 Å². The zero-order valence-corrected chi connectivity index (χ0v) is 17.7. The summed E-state index contributed by atoms with van der Waals surface area (Å²) < 4.78 is 0.298. The van der Waals surface area contributed by atoms with Crippen molar-refractivity contribution in [1.29, 1.82) is 0 Å². The Labute approximate surface area is 161 Å². The van der Waals surface area contributed by atoms with Crippen molar-refractivity contribution in [2.45, 2.75) is 90.0 Å². The van der Waals surface area contributed by atoms with E-state index >= 15 is 0 Å². The lowest BCUT2D eigenvalue weighted by Gasteiger charge is -2.45. The Kier molecular flexibility index (Phi) is 13.2. The first-order valence-electron chi connectivity index (χ1n) is 10.5. The predicted molar refractivity (Wildman–Crippen MR) is 107 cm³/mol. The molecule has 0 aliphatic rings. The van der Waals surface area contributed by atoms with Crippen LogP contribution in [0.5, 0.6) is 0 Å². The van der Waals surface area contributed by atoms with Crippen LogP contribution in [0, 0.1) is 5.41 Å². The molecule has 1 unspecified atom stereocenters. The summed E-state index contributed by atoms with van der Waals surface area (Å²) in [7, 11) is 5.66. The number of unbranched alkanes of at least 4 members (excludes halogenated alkanes) is 8. The molecule has 0 aromatic rings. The molecule has 0 saturated carbocycles. The largest absolute Gasteiger partial charge is 0.477 e. The molecule has 0 aliphatic heterocycles. The van der Waals surface area contributed by atoms with E-state index in [0.29, 0.717) is 17.3 Å². The van der Waals surface area contributed by atoms with Crippen LogP contribution in [0.2, 0.25) is 0 Å². The van der Waals surface area contributed by atoms with E-state index in [0.717, 1.165) is 19.3 Å². The zero-order valence-electron chi connectivity index (χ0n) is 17.7. The molecule has 0 spiro atoms. The van der Waals surface area contributed by atoms with Crippen molar-refractivity contribution in [3.05, 3.63) is 0 Å². The quantitative estimate of drug-likeness (QED) is 0.267. The molecule has 5 nitrogen and oxygen atoms in total. The first-order valence-corrected chi connectivity index (χ1v) is 10.5. The number of hydrogen-bond acceptors (Lipinski definition) is 3. The van der Waals surface area contributed by atoms with Gasteiger partial charge in [-0.3, -0.25) is 0 Å². The SMILES string of the molecule is CCCCCCCCCCCC(CCO)(CCO)C(C(=O)O)[N+](C)(C)C. The van der Waals surface area contributed by atoms with E-state index in [4.69, 9.17) is 0 Å². The van der Waals surface area contributed by atoms with Gasteiger partial charge in [-0.1, -0.05) is 64.7 Å². The highest BCUT2D eigenvalue weighted by molar-refractivity contribution is 5.73. The number of carbonyl (C=O) groups is 1. The van der Waals surface area contributed by atoms with Crippen molar-refractivity contribution in [2.75, 3.05) is 34.4 Å². The Bertz CT molecular complexity index is 360. The van der Waals surface area contributed by atoms with Crippen molar-refractivity contribution < 1.29 is 24.6 Å². The van der Waals surface area contributed by atoms with Crippen LogP contribution in [-0.4, -0.2) is 66.2 Å². The Hall–Kier alpha value is -0.650. The van der Waals surface area contributed by atoms with E-state index in [1.165, 1.54) is 44.9 Å². The summed E-state index contributed by atoms with van der Waals surface area (Å²) in [5.74, 6) is -0.838. The number of hydrogen-bond donors (Lipinski definition) is 3. The van der Waals surface area contributed by atoms with Gasteiger partial charge in [0.1, 0.15) is 0 Å². The van der Waals surface area contributed by atoms with Crippen LogP contribution in [0.4, 0.5) is 0 Å². The highest BCUT2D eigenvalue weighted by Gasteiger charge is 2.49. The second kappa shape index (κ2) is 13.5. The predicted octanol–water partition coefficient (Wildman–Crippen LogP) is 3.82. The molecular weight excluding hydrogens is 330 g/mol. The van der Waals surface area contributed by atoms with E-state index in [2.05, 4.69) is 6.92 Å². The molecule has 3 N–H and O–H groups in total. The van der Waals surface area contributed by atoms with Crippen LogP contribution in [0.15, 0.2) is 0 Å². The van der Waals surface area contributed by atoms with Gasteiger partial charge in [0.15, 0.2) is 6.04 Å². The average molecular weight is 375 g/mol. The van der Waals surface area contributed by atoms with Gasteiger partial charge >= 0.3 is 5.97 Å². The first kappa shape index (κ1) is 25.4. The van der Waals surface area contributed by atoms with Crippen molar-refractivity contribution in [3.8, 4) is 0 Å². The van der Waals surface area contributed by atoms with Crippen LogP contribution in [0.25, 0.3) is 0 Å². The fourth-order valence-electron chi connectivity index (χ4n) is 4.43. The topological polar surface area (TPSA) is 77.8 Å². The highest BCUT2D eigenvalue weighted by Crippen LogP contribution is 2.40. The van der Waals surface area contributed by atoms with Gasteiger partial charge in [0.25, 0.3) is 0 Å². The van der Waals surface area contributed by atoms with Crippen LogP contribution in [0.3, 0.4) is 0 Å². The maximum absolute atomic E-state index is 12.0. The normalized spacial score (nSPS) is 13.8. The molecule has 0 amide bonds. The molecular formula is C21H44NO4+. The van der Waals surface area contributed by atoms with Gasteiger partial charge in [-0.2, -0.15) is 0 Å². The lowest BCUT2D eigenvalue weighted by atomic mass is 9.70. The number of rotatable bonds is 17. The summed E-state index contributed by atoms with van der Waals surface area (Å²) in [6, 6.07) is -0.629. The Morgan fingerprint density at radius 1 is 0.808 bits per heavy atom. The number of carboxylic acid groups (broad SMARTS) is 1. The summed E-state index contributed by atoms with van der Waals surface area (Å²) in [4.78, 5) is 12.0. The molecule has 0 saturated heterocycles. The van der Waals surface area contributed by atoms with E-state index in [-0.39, 0.29) is 13.2 Å². The van der Waals surface area contributed by atoms with Crippen molar-refractivity contribution >= 4 is 5.97 Å². The summed E-state index contributed by atoms with van der Waals surface area (Å²) in [5.41, 5.74) is -0.561. The molecule has 0 heterocycles. The number of aliphatic hydroxyl groups is 2. The molecule has 0 fully saturated rings. The molecule has 156 valence electrons. The van der Waals surface area contributed by atoms with Gasteiger partial charge in [0.05, 0.1) is 21.1 Å².